The normalized spacial score (nSPS) is 19.6. The van der Waals surface area contributed by atoms with Gasteiger partial charge in [-0.3, -0.25) is 0 Å². The van der Waals surface area contributed by atoms with Crippen LogP contribution in [0.5, 0.6) is 0 Å². The topological polar surface area (TPSA) is 28.2 Å². The molecule has 1 aliphatic heterocycles. The highest BCUT2D eigenvalue weighted by molar-refractivity contribution is 5.52. The Morgan fingerprint density at radius 3 is 2.67 bits per heavy atom. The summed E-state index contributed by atoms with van der Waals surface area (Å²) in [6.45, 7) is 7.65. The van der Waals surface area contributed by atoms with Crippen LogP contribution < -0.4 is 10.2 Å². The summed E-state index contributed by atoms with van der Waals surface area (Å²) in [7, 11) is 0. The zero-order valence-electron chi connectivity index (χ0n) is 11.5. The summed E-state index contributed by atoms with van der Waals surface area (Å²) in [4.78, 5) is 7.26. The summed E-state index contributed by atoms with van der Waals surface area (Å²) >= 11 is 0. The van der Waals surface area contributed by atoms with Crippen molar-refractivity contribution in [2.45, 2.75) is 52.1 Å². The quantitative estimate of drug-likeness (QED) is 0.883. The number of nitrogens with one attached hydrogen (secondary N) is 1. The average molecular weight is 245 g/mol. The van der Waals surface area contributed by atoms with Crippen molar-refractivity contribution in [1.82, 2.24) is 10.3 Å². The fraction of sp³-hybridized carbons (Fsp3) is 0.667. The number of nitrogens with zero attached hydrogens (tertiary/aromatic N) is 2. The third-order valence-corrected chi connectivity index (χ3v) is 4.00. The summed E-state index contributed by atoms with van der Waals surface area (Å²) in [5.74, 6) is 1.23. The molecule has 0 bridgehead atoms. The van der Waals surface area contributed by atoms with E-state index in [4.69, 9.17) is 4.98 Å². The molecule has 0 unspecified atom stereocenters. The lowest BCUT2D eigenvalue weighted by atomic mass is 10.1. The van der Waals surface area contributed by atoms with E-state index < -0.39 is 0 Å². The molecule has 0 aromatic carbocycles. The molecule has 0 amide bonds. The van der Waals surface area contributed by atoms with Gasteiger partial charge in [0.2, 0.25) is 0 Å². The van der Waals surface area contributed by atoms with E-state index in [0.717, 1.165) is 18.3 Å². The maximum Gasteiger partial charge on any atom is 0.133 e. The fourth-order valence-electron chi connectivity index (χ4n) is 2.79. The molecule has 3 nitrogen and oxygen atoms in total. The molecule has 3 heteroatoms. The zero-order valence-corrected chi connectivity index (χ0v) is 11.5. The molecule has 1 aromatic rings. The number of anilines is 1. The SMILES string of the molecule is Cc1cc(C)c(CNC2CC2)c(N2CCCC2)n1. The molecular weight excluding hydrogens is 222 g/mol. The highest BCUT2D eigenvalue weighted by Crippen LogP contribution is 2.27. The number of pyridine rings is 1. The summed E-state index contributed by atoms with van der Waals surface area (Å²) in [6, 6.07) is 2.97. The van der Waals surface area contributed by atoms with Crippen molar-refractivity contribution in [2.75, 3.05) is 18.0 Å². The van der Waals surface area contributed by atoms with E-state index in [1.54, 1.807) is 0 Å². The summed E-state index contributed by atoms with van der Waals surface area (Å²) in [5.41, 5.74) is 3.94. The molecular formula is C15H23N3. The Kier molecular flexibility index (Phi) is 3.25. The van der Waals surface area contributed by atoms with Gasteiger partial charge in [-0.2, -0.15) is 0 Å². The number of aryl methyl sites for hydroxylation is 2. The van der Waals surface area contributed by atoms with Crippen LogP contribution in [0.2, 0.25) is 0 Å². The molecule has 0 atom stereocenters. The van der Waals surface area contributed by atoms with E-state index in [1.165, 1.54) is 55.7 Å². The second kappa shape index (κ2) is 4.88. The third-order valence-electron chi connectivity index (χ3n) is 4.00. The highest BCUT2D eigenvalue weighted by atomic mass is 15.2. The van der Waals surface area contributed by atoms with E-state index in [9.17, 15) is 0 Å². The predicted molar refractivity (Wildman–Crippen MR) is 75.0 cm³/mol. The van der Waals surface area contributed by atoms with Crippen molar-refractivity contribution < 1.29 is 0 Å². The molecule has 98 valence electrons. The van der Waals surface area contributed by atoms with E-state index in [2.05, 4.69) is 30.1 Å². The van der Waals surface area contributed by atoms with Crippen LogP contribution in [0.1, 0.15) is 42.5 Å². The zero-order chi connectivity index (χ0) is 12.5. The fourth-order valence-corrected chi connectivity index (χ4v) is 2.79. The van der Waals surface area contributed by atoms with Crippen LogP contribution in [-0.4, -0.2) is 24.1 Å². The molecule has 2 heterocycles. The van der Waals surface area contributed by atoms with Crippen molar-refractivity contribution >= 4 is 5.82 Å². The number of aromatic nitrogens is 1. The van der Waals surface area contributed by atoms with Gasteiger partial charge in [0, 0.05) is 36.9 Å². The molecule has 1 saturated carbocycles. The van der Waals surface area contributed by atoms with Crippen molar-refractivity contribution in [3.05, 3.63) is 22.9 Å². The molecule has 2 aliphatic rings. The first-order chi connectivity index (χ1) is 8.74. The average Bonchev–Trinajstić information content (AvgIpc) is 3.00. The van der Waals surface area contributed by atoms with E-state index in [1.807, 2.05) is 0 Å². The van der Waals surface area contributed by atoms with Gasteiger partial charge < -0.3 is 10.2 Å². The van der Waals surface area contributed by atoms with Gasteiger partial charge in [0.25, 0.3) is 0 Å². The van der Waals surface area contributed by atoms with E-state index in [-0.39, 0.29) is 0 Å². The molecule has 1 saturated heterocycles. The first-order valence-corrected chi connectivity index (χ1v) is 7.19. The summed E-state index contributed by atoms with van der Waals surface area (Å²) in [5, 5.41) is 3.63. The molecule has 1 N–H and O–H groups in total. The monoisotopic (exact) mass is 245 g/mol. The standard InChI is InChI=1S/C15H23N3/c1-11-9-12(2)17-15(18-7-3-4-8-18)14(11)10-16-13-5-6-13/h9,13,16H,3-8,10H2,1-2H3. The first kappa shape index (κ1) is 12.0. The van der Waals surface area contributed by atoms with Gasteiger partial charge in [-0.1, -0.05) is 0 Å². The summed E-state index contributed by atoms with van der Waals surface area (Å²) < 4.78 is 0. The number of hydrogen-bond acceptors (Lipinski definition) is 3. The van der Waals surface area contributed by atoms with Crippen molar-refractivity contribution in [3.63, 3.8) is 0 Å². The van der Waals surface area contributed by atoms with Crippen LogP contribution in [0.4, 0.5) is 5.82 Å². The molecule has 0 spiro atoms. The molecule has 1 aliphatic carbocycles. The molecule has 18 heavy (non-hydrogen) atoms. The lowest BCUT2D eigenvalue weighted by molar-refractivity contribution is 0.680. The maximum absolute atomic E-state index is 4.80. The maximum atomic E-state index is 4.80. The van der Waals surface area contributed by atoms with Crippen molar-refractivity contribution in [2.24, 2.45) is 0 Å². The molecule has 0 radical (unpaired) electrons. The van der Waals surface area contributed by atoms with Crippen molar-refractivity contribution in [3.8, 4) is 0 Å². The van der Waals surface area contributed by atoms with Crippen LogP contribution in [0, 0.1) is 13.8 Å². The van der Waals surface area contributed by atoms with Crippen molar-refractivity contribution in [1.29, 1.82) is 0 Å². The van der Waals surface area contributed by atoms with Gasteiger partial charge in [-0.05, 0) is 51.2 Å². The Balaban J connectivity index is 1.86. The van der Waals surface area contributed by atoms with Crippen LogP contribution in [0.3, 0.4) is 0 Å². The highest BCUT2D eigenvalue weighted by Gasteiger charge is 2.23. The minimum atomic E-state index is 0.761. The van der Waals surface area contributed by atoms with Crippen LogP contribution in [0.25, 0.3) is 0 Å². The number of rotatable bonds is 4. The Bertz CT molecular complexity index is 432. The van der Waals surface area contributed by atoms with Crippen LogP contribution in [0.15, 0.2) is 6.07 Å². The molecule has 2 fully saturated rings. The summed E-state index contributed by atoms with van der Waals surface area (Å²) in [6.07, 6.45) is 5.31. The largest absolute Gasteiger partial charge is 0.356 e. The predicted octanol–water partition coefficient (Wildman–Crippen LogP) is 2.55. The lowest BCUT2D eigenvalue weighted by Gasteiger charge is -2.22. The van der Waals surface area contributed by atoms with Crippen LogP contribution in [-0.2, 0) is 6.54 Å². The van der Waals surface area contributed by atoms with Gasteiger partial charge >= 0.3 is 0 Å². The smallest absolute Gasteiger partial charge is 0.133 e. The molecule has 3 rings (SSSR count). The third kappa shape index (κ3) is 2.51. The lowest BCUT2D eigenvalue weighted by Crippen LogP contribution is -2.24. The van der Waals surface area contributed by atoms with Crippen LogP contribution >= 0.6 is 0 Å². The Labute approximate surface area is 110 Å². The van der Waals surface area contributed by atoms with Gasteiger partial charge in [-0.15, -0.1) is 0 Å². The van der Waals surface area contributed by atoms with Gasteiger partial charge in [0.05, 0.1) is 0 Å². The van der Waals surface area contributed by atoms with E-state index in [0.29, 0.717) is 0 Å². The Morgan fingerprint density at radius 1 is 1.28 bits per heavy atom. The second-order valence-corrected chi connectivity index (χ2v) is 5.73. The Morgan fingerprint density at radius 2 is 2.00 bits per heavy atom. The van der Waals surface area contributed by atoms with E-state index >= 15 is 0 Å². The molecule has 1 aromatic heterocycles. The minimum absolute atomic E-state index is 0.761. The number of hydrogen-bond donors (Lipinski definition) is 1. The van der Waals surface area contributed by atoms with Gasteiger partial charge in [0.1, 0.15) is 5.82 Å². The first-order valence-electron chi connectivity index (χ1n) is 7.19. The van der Waals surface area contributed by atoms with Gasteiger partial charge in [0.15, 0.2) is 0 Å². The second-order valence-electron chi connectivity index (χ2n) is 5.73. The Hall–Kier alpha value is -1.09. The van der Waals surface area contributed by atoms with Gasteiger partial charge in [-0.25, -0.2) is 4.98 Å². The minimum Gasteiger partial charge on any atom is -0.356 e.